The minimum atomic E-state index is -4.36. The summed E-state index contributed by atoms with van der Waals surface area (Å²) in [4.78, 5) is 10.8. The van der Waals surface area contributed by atoms with Crippen LogP contribution in [0, 0.1) is 0 Å². The fraction of sp³-hybridized carbons (Fsp3) is 0.214. The molecule has 0 fully saturated rings. The van der Waals surface area contributed by atoms with Crippen molar-refractivity contribution >= 4 is 11.5 Å². The number of alkyl halides is 3. The Kier molecular flexibility index (Phi) is 4.92. The Bertz CT molecular complexity index is 514. The Labute approximate surface area is 109 Å². The Hall–Kier alpha value is -2.04. The average Bonchev–Trinajstić information content (AvgIpc) is 2.37. The van der Waals surface area contributed by atoms with Gasteiger partial charge in [0.15, 0.2) is 0 Å². The van der Waals surface area contributed by atoms with Crippen molar-refractivity contribution in [2.45, 2.75) is 13.1 Å². The highest BCUT2D eigenvalue weighted by molar-refractivity contribution is 5.82. The number of allylic oxidation sites excluding steroid dienone is 3. The van der Waals surface area contributed by atoms with Crippen LogP contribution in [0.2, 0.25) is 0 Å². The van der Waals surface area contributed by atoms with E-state index in [0.29, 0.717) is 11.1 Å². The van der Waals surface area contributed by atoms with Gasteiger partial charge in [0.2, 0.25) is 0 Å². The zero-order valence-electron chi connectivity index (χ0n) is 10.5. The van der Waals surface area contributed by atoms with Gasteiger partial charge in [-0.05, 0) is 30.2 Å². The number of ether oxygens (including phenoxy) is 1. The lowest BCUT2D eigenvalue weighted by atomic mass is 10.0. The number of methoxy groups -OCH3 is 1. The molecular formula is C14H13F3O2. The molecule has 1 rings (SSSR count). The highest BCUT2D eigenvalue weighted by Crippen LogP contribution is 2.30. The fourth-order valence-corrected chi connectivity index (χ4v) is 1.38. The second-order valence-electron chi connectivity index (χ2n) is 3.81. The quantitative estimate of drug-likeness (QED) is 0.474. The van der Waals surface area contributed by atoms with Crippen LogP contribution in [0.3, 0.4) is 0 Å². The lowest BCUT2D eigenvalue weighted by molar-refractivity contribution is -0.137. The zero-order chi connectivity index (χ0) is 14.5. The second kappa shape index (κ2) is 6.22. The summed E-state index contributed by atoms with van der Waals surface area (Å²) in [5, 5.41) is 0. The van der Waals surface area contributed by atoms with Gasteiger partial charge in [-0.2, -0.15) is 13.2 Å². The molecule has 0 aromatic heterocycles. The molecule has 1 aromatic carbocycles. The molecular weight excluding hydrogens is 257 g/mol. The standard InChI is InChI=1S/C14H13F3O2/c1-10(5-3-8-13(18)19-2)11-6-4-7-12(9-11)14(15,16)17/h3-9H,1-2H3/b8-3+,10-5-. The normalized spacial score (nSPS) is 12.8. The molecule has 0 spiro atoms. The highest BCUT2D eigenvalue weighted by Gasteiger charge is 2.30. The van der Waals surface area contributed by atoms with E-state index in [1.807, 2.05) is 0 Å². The number of rotatable bonds is 3. The number of carbonyl (C=O) groups is 1. The van der Waals surface area contributed by atoms with E-state index < -0.39 is 17.7 Å². The van der Waals surface area contributed by atoms with Crippen LogP contribution in [-0.2, 0) is 15.7 Å². The van der Waals surface area contributed by atoms with Crippen LogP contribution in [-0.4, -0.2) is 13.1 Å². The minimum Gasteiger partial charge on any atom is -0.466 e. The monoisotopic (exact) mass is 270 g/mol. The molecule has 0 unspecified atom stereocenters. The van der Waals surface area contributed by atoms with E-state index in [2.05, 4.69) is 4.74 Å². The van der Waals surface area contributed by atoms with Crippen molar-refractivity contribution < 1.29 is 22.7 Å². The molecule has 1 aromatic rings. The van der Waals surface area contributed by atoms with E-state index in [1.54, 1.807) is 19.1 Å². The van der Waals surface area contributed by atoms with Gasteiger partial charge < -0.3 is 4.74 Å². The van der Waals surface area contributed by atoms with Gasteiger partial charge in [0.1, 0.15) is 0 Å². The summed E-state index contributed by atoms with van der Waals surface area (Å²) in [6.07, 6.45) is -0.191. The Morgan fingerprint density at radius 1 is 1.32 bits per heavy atom. The summed E-state index contributed by atoms with van der Waals surface area (Å²) in [6, 6.07) is 5.01. The average molecular weight is 270 g/mol. The maximum absolute atomic E-state index is 12.5. The highest BCUT2D eigenvalue weighted by atomic mass is 19.4. The van der Waals surface area contributed by atoms with Crippen LogP contribution >= 0.6 is 0 Å². The Morgan fingerprint density at radius 2 is 2.00 bits per heavy atom. The first-order valence-corrected chi connectivity index (χ1v) is 5.45. The predicted octanol–water partition coefficient (Wildman–Crippen LogP) is 3.84. The second-order valence-corrected chi connectivity index (χ2v) is 3.81. The van der Waals surface area contributed by atoms with Gasteiger partial charge in [0, 0.05) is 6.08 Å². The van der Waals surface area contributed by atoms with Crippen molar-refractivity contribution in [3.8, 4) is 0 Å². The number of hydrogen-bond acceptors (Lipinski definition) is 2. The minimum absolute atomic E-state index is 0.448. The zero-order valence-corrected chi connectivity index (χ0v) is 10.5. The van der Waals surface area contributed by atoms with Gasteiger partial charge in [0.05, 0.1) is 12.7 Å². The van der Waals surface area contributed by atoms with Crippen LogP contribution in [0.1, 0.15) is 18.1 Å². The molecule has 0 saturated heterocycles. The van der Waals surface area contributed by atoms with E-state index in [1.165, 1.54) is 25.3 Å². The van der Waals surface area contributed by atoms with Gasteiger partial charge in [0.25, 0.3) is 0 Å². The van der Waals surface area contributed by atoms with E-state index in [-0.39, 0.29) is 0 Å². The number of halogens is 3. The molecule has 0 aliphatic heterocycles. The summed E-state index contributed by atoms with van der Waals surface area (Å²) < 4.78 is 42.0. The summed E-state index contributed by atoms with van der Waals surface area (Å²) in [5.41, 5.74) is 0.366. The molecule has 102 valence electrons. The molecule has 19 heavy (non-hydrogen) atoms. The SMILES string of the molecule is COC(=O)/C=C/C=C(/C)c1cccc(C(F)(F)F)c1. The molecule has 0 saturated carbocycles. The van der Waals surface area contributed by atoms with E-state index in [0.717, 1.165) is 12.1 Å². The third kappa shape index (κ3) is 4.62. The molecule has 0 aliphatic carbocycles. The molecule has 0 amide bonds. The van der Waals surface area contributed by atoms with Crippen LogP contribution in [0.25, 0.3) is 5.57 Å². The van der Waals surface area contributed by atoms with Crippen LogP contribution in [0.4, 0.5) is 13.2 Å². The van der Waals surface area contributed by atoms with Gasteiger partial charge >= 0.3 is 12.1 Å². The third-order valence-corrected chi connectivity index (χ3v) is 2.42. The fourth-order valence-electron chi connectivity index (χ4n) is 1.38. The summed E-state index contributed by atoms with van der Waals surface area (Å²) in [5.74, 6) is -0.520. The maximum atomic E-state index is 12.5. The molecule has 0 N–H and O–H groups in total. The molecule has 0 radical (unpaired) electrons. The first kappa shape index (κ1) is 15.0. The van der Waals surface area contributed by atoms with Crippen molar-refractivity contribution in [3.05, 3.63) is 53.6 Å². The molecule has 0 heterocycles. The van der Waals surface area contributed by atoms with Crippen molar-refractivity contribution in [1.82, 2.24) is 0 Å². The number of hydrogen-bond donors (Lipinski definition) is 0. The van der Waals surface area contributed by atoms with Gasteiger partial charge in [-0.15, -0.1) is 0 Å². The molecule has 0 aliphatic rings. The maximum Gasteiger partial charge on any atom is 0.416 e. The van der Waals surface area contributed by atoms with E-state index in [4.69, 9.17) is 0 Å². The largest absolute Gasteiger partial charge is 0.466 e. The third-order valence-electron chi connectivity index (χ3n) is 2.42. The Morgan fingerprint density at radius 3 is 2.58 bits per heavy atom. The number of esters is 1. The lowest BCUT2D eigenvalue weighted by Crippen LogP contribution is -2.04. The van der Waals surface area contributed by atoms with Crippen molar-refractivity contribution in [3.63, 3.8) is 0 Å². The summed E-state index contributed by atoms with van der Waals surface area (Å²) in [7, 11) is 1.25. The molecule has 0 bridgehead atoms. The van der Waals surface area contributed by atoms with Crippen molar-refractivity contribution in [1.29, 1.82) is 0 Å². The van der Waals surface area contributed by atoms with Crippen LogP contribution < -0.4 is 0 Å². The Balaban J connectivity index is 2.94. The number of carbonyl (C=O) groups excluding carboxylic acids is 1. The topological polar surface area (TPSA) is 26.3 Å². The van der Waals surface area contributed by atoms with E-state index in [9.17, 15) is 18.0 Å². The lowest BCUT2D eigenvalue weighted by Gasteiger charge is -2.08. The molecule has 2 nitrogen and oxygen atoms in total. The first-order valence-electron chi connectivity index (χ1n) is 5.45. The molecule has 5 heteroatoms. The van der Waals surface area contributed by atoms with Gasteiger partial charge in [-0.1, -0.05) is 24.3 Å². The van der Waals surface area contributed by atoms with Crippen LogP contribution in [0.15, 0.2) is 42.5 Å². The van der Waals surface area contributed by atoms with Gasteiger partial charge in [-0.3, -0.25) is 0 Å². The van der Waals surface area contributed by atoms with Gasteiger partial charge in [-0.25, -0.2) is 4.79 Å². The molecule has 0 atom stereocenters. The predicted molar refractivity (Wildman–Crippen MR) is 66.3 cm³/mol. The smallest absolute Gasteiger partial charge is 0.416 e. The van der Waals surface area contributed by atoms with Crippen LogP contribution in [0.5, 0.6) is 0 Å². The number of benzene rings is 1. The first-order chi connectivity index (χ1) is 8.84. The summed E-state index contributed by atoms with van der Waals surface area (Å²) in [6.45, 7) is 1.66. The van der Waals surface area contributed by atoms with E-state index >= 15 is 0 Å². The van der Waals surface area contributed by atoms with Crippen molar-refractivity contribution in [2.75, 3.05) is 7.11 Å². The summed E-state index contributed by atoms with van der Waals surface area (Å²) >= 11 is 0. The van der Waals surface area contributed by atoms with Crippen molar-refractivity contribution in [2.24, 2.45) is 0 Å².